The summed E-state index contributed by atoms with van der Waals surface area (Å²) in [5, 5.41) is 0. The van der Waals surface area contributed by atoms with Crippen LogP contribution in [0, 0.1) is 10.8 Å². The van der Waals surface area contributed by atoms with Gasteiger partial charge in [-0.2, -0.15) is 0 Å². The molecule has 2 spiro atoms. The van der Waals surface area contributed by atoms with Crippen LogP contribution in [-0.2, 0) is 11.3 Å². The molecule has 2 heteroatoms. The normalized spacial score (nSPS) is 34.3. The Morgan fingerprint density at radius 2 is 1.10 bits per heavy atom. The first-order valence-corrected chi connectivity index (χ1v) is 11.2. The molecule has 1 unspecified atom stereocenters. The maximum Gasteiger partial charge on any atom is 0.157 e. The molecule has 0 bridgehead atoms. The third-order valence-corrected chi connectivity index (χ3v) is 7.89. The number of quaternary nitrogens is 1. The van der Waals surface area contributed by atoms with Gasteiger partial charge in [0, 0.05) is 17.4 Å². The van der Waals surface area contributed by atoms with E-state index >= 15 is 0 Å². The Morgan fingerprint density at radius 1 is 0.667 bits per heavy atom. The van der Waals surface area contributed by atoms with Crippen LogP contribution in [0.3, 0.4) is 0 Å². The van der Waals surface area contributed by atoms with E-state index in [9.17, 15) is 4.79 Å². The smallest absolute Gasteiger partial charge is 0.157 e. The number of ketones is 1. The van der Waals surface area contributed by atoms with Crippen LogP contribution in [0.25, 0.3) is 0 Å². The molecular weight excluding hydrogens is 366 g/mol. The van der Waals surface area contributed by atoms with Crippen molar-refractivity contribution in [3.8, 4) is 0 Å². The molecule has 2 nitrogen and oxygen atoms in total. The fourth-order valence-corrected chi connectivity index (χ4v) is 6.37. The van der Waals surface area contributed by atoms with Crippen molar-refractivity contribution >= 4 is 5.78 Å². The lowest BCUT2D eigenvalue weighted by Crippen LogP contribution is -3.14. The number of benzene rings is 3. The van der Waals surface area contributed by atoms with Crippen molar-refractivity contribution < 1.29 is 9.69 Å². The fraction of sp³-hybridized carbons (Fsp3) is 0.321. The molecule has 5 atom stereocenters. The minimum atomic E-state index is -0.159. The lowest BCUT2D eigenvalue weighted by atomic mass is 9.77. The second kappa shape index (κ2) is 6.65. The van der Waals surface area contributed by atoms with Crippen LogP contribution in [0.2, 0.25) is 0 Å². The second-order valence-electron chi connectivity index (χ2n) is 9.74. The van der Waals surface area contributed by atoms with Crippen molar-refractivity contribution in [2.75, 3.05) is 13.1 Å². The SMILES string of the molecule is O=C1[C@]2(C[C@@H]2c2ccccc2)C[NH+](Cc2ccccc2)C[C@@]12C[C@H]2c1ccccc1. The summed E-state index contributed by atoms with van der Waals surface area (Å²) in [7, 11) is 0. The molecule has 1 aliphatic heterocycles. The van der Waals surface area contributed by atoms with Gasteiger partial charge in [0.1, 0.15) is 6.54 Å². The van der Waals surface area contributed by atoms with Gasteiger partial charge in [0.05, 0.1) is 23.9 Å². The van der Waals surface area contributed by atoms with Crippen molar-refractivity contribution in [1.29, 1.82) is 0 Å². The van der Waals surface area contributed by atoms with Gasteiger partial charge in [-0.15, -0.1) is 0 Å². The molecule has 1 saturated heterocycles. The highest BCUT2D eigenvalue weighted by atomic mass is 16.1. The van der Waals surface area contributed by atoms with E-state index in [4.69, 9.17) is 0 Å². The molecule has 2 saturated carbocycles. The predicted octanol–water partition coefficient (Wildman–Crippen LogP) is 4.00. The van der Waals surface area contributed by atoms with Crippen LogP contribution < -0.4 is 4.90 Å². The van der Waals surface area contributed by atoms with E-state index in [1.54, 1.807) is 4.90 Å². The highest BCUT2D eigenvalue weighted by molar-refractivity contribution is 5.98. The summed E-state index contributed by atoms with van der Waals surface area (Å²) in [6.45, 7) is 2.97. The second-order valence-corrected chi connectivity index (χ2v) is 9.74. The number of hydrogen-bond donors (Lipinski definition) is 1. The van der Waals surface area contributed by atoms with Crippen molar-refractivity contribution in [2.24, 2.45) is 10.8 Å². The van der Waals surface area contributed by atoms with Crippen LogP contribution in [-0.4, -0.2) is 18.9 Å². The molecule has 1 heterocycles. The van der Waals surface area contributed by atoms with E-state index in [2.05, 4.69) is 91.0 Å². The van der Waals surface area contributed by atoms with E-state index in [1.165, 1.54) is 16.7 Å². The molecular formula is C28H28NO+. The topological polar surface area (TPSA) is 21.5 Å². The summed E-state index contributed by atoms with van der Waals surface area (Å²) in [4.78, 5) is 15.6. The Morgan fingerprint density at radius 3 is 1.57 bits per heavy atom. The highest BCUT2D eigenvalue weighted by Gasteiger charge is 2.76. The number of Topliss-reactive ketones (excluding diaryl/α,β-unsaturated/α-hetero) is 1. The maximum absolute atomic E-state index is 14.0. The Kier molecular flexibility index (Phi) is 4.01. The molecule has 3 aliphatic rings. The molecule has 3 aromatic carbocycles. The number of nitrogens with one attached hydrogen (secondary N) is 1. The number of likely N-dealkylation sites (tertiary alicyclic amines) is 1. The van der Waals surface area contributed by atoms with Crippen LogP contribution in [0.1, 0.15) is 41.4 Å². The van der Waals surface area contributed by atoms with Gasteiger partial charge < -0.3 is 4.90 Å². The van der Waals surface area contributed by atoms with Crippen LogP contribution in [0.5, 0.6) is 0 Å². The zero-order valence-electron chi connectivity index (χ0n) is 17.3. The van der Waals surface area contributed by atoms with Crippen molar-refractivity contribution in [1.82, 2.24) is 0 Å². The summed E-state index contributed by atoms with van der Waals surface area (Å²) in [6.07, 6.45) is 2.05. The van der Waals surface area contributed by atoms with Gasteiger partial charge in [-0.3, -0.25) is 4.79 Å². The number of carbonyl (C=O) groups excluding carboxylic acids is 1. The molecule has 1 N–H and O–H groups in total. The van der Waals surface area contributed by atoms with Crippen molar-refractivity contribution in [2.45, 2.75) is 31.2 Å². The molecule has 0 aromatic heterocycles. The Labute approximate surface area is 178 Å². The van der Waals surface area contributed by atoms with E-state index in [0.717, 1.165) is 32.5 Å². The maximum atomic E-state index is 14.0. The molecule has 6 rings (SSSR count). The highest BCUT2D eigenvalue weighted by Crippen LogP contribution is 2.70. The molecule has 30 heavy (non-hydrogen) atoms. The van der Waals surface area contributed by atoms with Gasteiger partial charge >= 0.3 is 0 Å². The van der Waals surface area contributed by atoms with E-state index in [1.807, 2.05) is 0 Å². The van der Waals surface area contributed by atoms with Gasteiger partial charge in [0.25, 0.3) is 0 Å². The third kappa shape index (κ3) is 2.78. The Bertz CT molecular complexity index is 998. The van der Waals surface area contributed by atoms with Gasteiger partial charge in [0.15, 0.2) is 5.78 Å². The van der Waals surface area contributed by atoms with Crippen molar-refractivity contribution in [3.05, 3.63) is 108 Å². The fourth-order valence-electron chi connectivity index (χ4n) is 6.37. The molecule has 2 aliphatic carbocycles. The Hall–Kier alpha value is -2.71. The van der Waals surface area contributed by atoms with Gasteiger partial charge in [-0.25, -0.2) is 0 Å². The zero-order valence-corrected chi connectivity index (χ0v) is 17.3. The third-order valence-electron chi connectivity index (χ3n) is 7.89. The number of carbonyl (C=O) groups is 1. The molecule has 0 amide bonds. The first-order chi connectivity index (χ1) is 14.7. The first-order valence-electron chi connectivity index (χ1n) is 11.2. The lowest BCUT2D eigenvalue weighted by Gasteiger charge is -2.36. The number of piperidine rings is 1. The largest absolute Gasteiger partial charge is 0.329 e. The predicted molar refractivity (Wildman–Crippen MR) is 118 cm³/mol. The Balaban J connectivity index is 1.34. The average Bonchev–Trinajstić information content (AvgIpc) is 3.70. The van der Waals surface area contributed by atoms with E-state index in [-0.39, 0.29) is 10.8 Å². The standard InChI is InChI=1S/C28H27NO/c30-26-27(16-24(27)22-12-6-2-7-13-22)19-29(18-21-10-4-1-5-11-21)20-28(26)17-25(28)23-14-8-3-9-15-23/h1-15,24-25H,16-20H2/p+1/t24-,25+,27-,28-/m1/s1. The summed E-state index contributed by atoms with van der Waals surface area (Å²) in [5.41, 5.74) is 3.75. The van der Waals surface area contributed by atoms with Gasteiger partial charge in [0.2, 0.25) is 0 Å². The summed E-state index contributed by atoms with van der Waals surface area (Å²) < 4.78 is 0. The summed E-state index contributed by atoms with van der Waals surface area (Å²) in [5.74, 6) is 1.35. The average molecular weight is 395 g/mol. The van der Waals surface area contributed by atoms with Crippen LogP contribution in [0.15, 0.2) is 91.0 Å². The van der Waals surface area contributed by atoms with Gasteiger partial charge in [-0.05, 0) is 24.0 Å². The number of hydrogen-bond acceptors (Lipinski definition) is 1. The van der Waals surface area contributed by atoms with E-state index in [0.29, 0.717) is 17.6 Å². The summed E-state index contributed by atoms with van der Waals surface area (Å²) in [6, 6.07) is 32.3. The van der Waals surface area contributed by atoms with Crippen LogP contribution >= 0.6 is 0 Å². The quantitative estimate of drug-likeness (QED) is 0.710. The minimum Gasteiger partial charge on any atom is -0.329 e. The molecule has 150 valence electrons. The van der Waals surface area contributed by atoms with Crippen molar-refractivity contribution in [3.63, 3.8) is 0 Å². The van der Waals surface area contributed by atoms with Crippen LogP contribution in [0.4, 0.5) is 0 Å². The lowest BCUT2D eigenvalue weighted by molar-refractivity contribution is -0.924. The first kappa shape index (κ1) is 18.1. The monoisotopic (exact) mass is 394 g/mol. The molecule has 3 aromatic rings. The van der Waals surface area contributed by atoms with E-state index < -0.39 is 0 Å². The molecule has 0 radical (unpaired) electrons. The summed E-state index contributed by atoms with van der Waals surface area (Å²) >= 11 is 0. The molecule has 3 fully saturated rings. The minimum absolute atomic E-state index is 0.159. The zero-order chi connectivity index (χ0) is 20.2. The number of rotatable bonds is 4. The van der Waals surface area contributed by atoms with Gasteiger partial charge in [-0.1, -0.05) is 91.0 Å².